The van der Waals surface area contributed by atoms with Gasteiger partial charge in [0.05, 0.1) is 13.2 Å². The molecule has 3 rings (SSSR count). The SMILES string of the molecule is O=C(CC[C@@H]1CCCN(Cc2cccnc2)C1)N1CCOCC1. The van der Waals surface area contributed by atoms with Crippen LogP contribution in [0, 0.1) is 5.92 Å². The number of morpholine rings is 1. The lowest BCUT2D eigenvalue weighted by Gasteiger charge is -2.33. The molecule has 1 atom stereocenters. The summed E-state index contributed by atoms with van der Waals surface area (Å²) in [5, 5.41) is 0. The van der Waals surface area contributed by atoms with E-state index in [9.17, 15) is 4.79 Å². The molecule has 2 fully saturated rings. The van der Waals surface area contributed by atoms with E-state index >= 15 is 0 Å². The van der Waals surface area contributed by atoms with Crippen LogP contribution < -0.4 is 0 Å². The van der Waals surface area contributed by atoms with Crippen molar-refractivity contribution in [2.75, 3.05) is 39.4 Å². The number of ether oxygens (including phenoxy) is 1. The molecule has 5 heteroatoms. The van der Waals surface area contributed by atoms with Crippen molar-refractivity contribution in [3.8, 4) is 0 Å². The summed E-state index contributed by atoms with van der Waals surface area (Å²) in [4.78, 5) is 20.9. The lowest BCUT2D eigenvalue weighted by molar-refractivity contribution is -0.135. The van der Waals surface area contributed by atoms with Crippen molar-refractivity contribution in [2.24, 2.45) is 5.92 Å². The number of carbonyl (C=O) groups excluding carboxylic acids is 1. The summed E-state index contributed by atoms with van der Waals surface area (Å²) in [6, 6.07) is 4.14. The lowest BCUT2D eigenvalue weighted by atomic mass is 9.93. The van der Waals surface area contributed by atoms with Gasteiger partial charge in [-0.1, -0.05) is 6.07 Å². The summed E-state index contributed by atoms with van der Waals surface area (Å²) in [6.45, 7) is 6.13. The summed E-state index contributed by atoms with van der Waals surface area (Å²) in [5.41, 5.74) is 1.28. The third-order valence-electron chi connectivity index (χ3n) is 4.86. The summed E-state index contributed by atoms with van der Waals surface area (Å²) >= 11 is 0. The second-order valence-electron chi connectivity index (χ2n) is 6.64. The van der Waals surface area contributed by atoms with Crippen LogP contribution in [0.3, 0.4) is 0 Å². The molecule has 0 unspecified atom stereocenters. The fraction of sp³-hybridized carbons (Fsp3) is 0.667. The van der Waals surface area contributed by atoms with Crippen molar-refractivity contribution in [3.63, 3.8) is 0 Å². The highest BCUT2D eigenvalue weighted by atomic mass is 16.5. The Hall–Kier alpha value is -1.46. The average Bonchev–Trinajstić information content (AvgIpc) is 2.62. The van der Waals surface area contributed by atoms with Gasteiger partial charge in [0.1, 0.15) is 0 Å². The van der Waals surface area contributed by atoms with Gasteiger partial charge in [-0.3, -0.25) is 14.7 Å². The first kappa shape index (κ1) is 16.4. The van der Waals surface area contributed by atoms with Crippen LogP contribution in [0.15, 0.2) is 24.5 Å². The highest BCUT2D eigenvalue weighted by Gasteiger charge is 2.22. The molecule has 2 saturated heterocycles. The number of hydrogen-bond acceptors (Lipinski definition) is 4. The van der Waals surface area contributed by atoms with E-state index in [1.807, 2.05) is 23.4 Å². The highest BCUT2D eigenvalue weighted by Crippen LogP contribution is 2.22. The number of piperidine rings is 1. The Morgan fingerprint density at radius 3 is 2.96 bits per heavy atom. The Bertz CT molecular complexity index is 488. The molecule has 126 valence electrons. The fourth-order valence-corrected chi connectivity index (χ4v) is 3.58. The molecule has 1 amide bonds. The smallest absolute Gasteiger partial charge is 0.222 e. The Morgan fingerprint density at radius 2 is 2.17 bits per heavy atom. The van der Waals surface area contributed by atoms with Crippen molar-refractivity contribution in [1.82, 2.24) is 14.8 Å². The van der Waals surface area contributed by atoms with Crippen LogP contribution in [0.25, 0.3) is 0 Å². The third-order valence-corrected chi connectivity index (χ3v) is 4.86. The van der Waals surface area contributed by atoms with Crippen molar-refractivity contribution in [2.45, 2.75) is 32.2 Å². The zero-order valence-corrected chi connectivity index (χ0v) is 13.8. The molecule has 1 aromatic heterocycles. The Kier molecular flexibility index (Phi) is 6.00. The van der Waals surface area contributed by atoms with Crippen molar-refractivity contribution in [3.05, 3.63) is 30.1 Å². The van der Waals surface area contributed by atoms with Gasteiger partial charge in [0, 0.05) is 45.0 Å². The van der Waals surface area contributed by atoms with Gasteiger partial charge in [-0.2, -0.15) is 0 Å². The van der Waals surface area contributed by atoms with Gasteiger partial charge < -0.3 is 9.64 Å². The van der Waals surface area contributed by atoms with Crippen LogP contribution in [0.5, 0.6) is 0 Å². The molecule has 0 radical (unpaired) electrons. The molecule has 1 aromatic rings. The van der Waals surface area contributed by atoms with Crippen LogP contribution in [0.1, 0.15) is 31.2 Å². The predicted molar refractivity (Wildman–Crippen MR) is 88.9 cm³/mol. The number of carbonyl (C=O) groups is 1. The minimum absolute atomic E-state index is 0.303. The molecule has 2 aliphatic heterocycles. The molecule has 3 heterocycles. The molecule has 0 N–H and O–H groups in total. The van der Waals surface area contributed by atoms with Crippen LogP contribution in [0.4, 0.5) is 0 Å². The van der Waals surface area contributed by atoms with Crippen LogP contribution in [-0.2, 0) is 16.1 Å². The van der Waals surface area contributed by atoms with E-state index in [0.717, 1.165) is 39.1 Å². The van der Waals surface area contributed by atoms with Crippen LogP contribution in [-0.4, -0.2) is 60.1 Å². The predicted octanol–water partition coefficient (Wildman–Crippen LogP) is 1.93. The average molecular weight is 317 g/mol. The fourth-order valence-electron chi connectivity index (χ4n) is 3.58. The monoisotopic (exact) mass is 317 g/mol. The first-order valence-corrected chi connectivity index (χ1v) is 8.78. The Morgan fingerprint density at radius 1 is 1.30 bits per heavy atom. The van der Waals surface area contributed by atoms with E-state index in [2.05, 4.69) is 16.0 Å². The number of pyridine rings is 1. The molecular weight excluding hydrogens is 290 g/mol. The van der Waals surface area contributed by atoms with Crippen molar-refractivity contribution in [1.29, 1.82) is 0 Å². The maximum atomic E-state index is 12.3. The number of nitrogens with zero attached hydrogens (tertiary/aromatic N) is 3. The maximum absolute atomic E-state index is 12.3. The van der Waals surface area contributed by atoms with Crippen molar-refractivity contribution >= 4 is 5.91 Å². The van der Waals surface area contributed by atoms with E-state index in [-0.39, 0.29) is 0 Å². The van der Waals surface area contributed by atoms with Gasteiger partial charge in [0.25, 0.3) is 0 Å². The summed E-state index contributed by atoms with van der Waals surface area (Å²) < 4.78 is 5.31. The van der Waals surface area contributed by atoms with Gasteiger partial charge >= 0.3 is 0 Å². The zero-order chi connectivity index (χ0) is 15.9. The molecular formula is C18H27N3O2. The van der Waals surface area contributed by atoms with Gasteiger partial charge in [-0.05, 0) is 43.4 Å². The number of likely N-dealkylation sites (tertiary alicyclic amines) is 1. The van der Waals surface area contributed by atoms with Crippen LogP contribution in [0.2, 0.25) is 0 Å². The highest BCUT2D eigenvalue weighted by molar-refractivity contribution is 5.76. The van der Waals surface area contributed by atoms with Gasteiger partial charge in [0.15, 0.2) is 0 Å². The number of rotatable bonds is 5. The van der Waals surface area contributed by atoms with Crippen molar-refractivity contribution < 1.29 is 9.53 Å². The number of amides is 1. The molecule has 2 aliphatic rings. The van der Waals surface area contributed by atoms with Crippen LogP contribution >= 0.6 is 0 Å². The molecule has 5 nitrogen and oxygen atoms in total. The second-order valence-corrected chi connectivity index (χ2v) is 6.64. The van der Waals surface area contributed by atoms with E-state index in [4.69, 9.17) is 4.74 Å². The minimum Gasteiger partial charge on any atom is -0.378 e. The molecule has 0 aromatic carbocycles. The Labute approximate surface area is 138 Å². The normalized spacial score (nSPS) is 23.0. The van der Waals surface area contributed by atoms with Gasteiger partial charge in [-0.15, -0.1) is 0 Å². The van der Waals surface area contributed by atoms with E-state index in [1.54, 1.807) is 0 Å². The molecule has 0 aliphatic carbocycles. The second kappa shape index (κ2) is 8.41. The van der Waals surface area contributed by atoms with E-state index in [1.165, 1.54) is 18.4 Å². The zero-order valence-electron chi connectivity index (χ0n) is 13.8. The Balaban J connectivity index is 1.42. The summed E-state index contributed by atoms with van der Waals surface area (Å²) in [6.07, 6.45) is 7.95. The topological polar surface area (TPSA) is 45.7 Å². The summed E-state index contributed by atoms with van der Waals surface area (Å²) in [7, 11) is 0. The first-order valence-electron chi connectivity index (χ1n) is 8.78. The van der Waals surface area contributed by atoms with Gasteiger partial charge in [0.2, 0.25) is 5.91 Å². The van der Waals surface area contributed by atoms with E-state index < -0.39 is 0 Å². The van der Waals surface area contributed by atoms with Gasteiger partial charge in [-0.25, -0.2) is 0 Å². The third kappa shape index (κ3) is 5.01. The number of aromatic nitrogens is 1. The quantitative estimate of drug-likeness (QED) is 0.832. The number of hydrogen-bond donors (Lipinski definition) is 0. The maximum Gasteiger partial charge on any atom is 0.222 e. The molecule has 0 bridgehead atoms. The van der Waals surface area contributed by atoms with E-state index in [0.29, 0.717) is 31.5 Å². The summed E-state index contributed by atoms with van der Waals surface area (Å²) in [5.74, 6) is 0.947. The molecule has 23 heavy (non-hydrogen) atoms. The first-order chi connectivity index (χ1) is 11.3. The minimum atomic E-state index is 0.303. The molecule has 0 spiro atoms. The lowest BCUT2D eigenvalue weighted by Crippen LogP contribution is -2.41. The standard InChI is InChI=1S/C18H27N3O2/c22-18(21-9-11-23-12-10-21)6-5-16-4-2-8-20(14-16)15-17-3-1-7-19-13-17/h1,3,7,13,16H,2,4-6,8-12,14-15H2/t16-/m0/s1. The molecule has 0 saturated carbocycles. The largest absolute Gasteiger partial charge is 0.378 e.